The van der Waals surface area contributed by atoms with Gasteiger partial charge in [-0.25, -0.2) is 0 Å². The highest BCUT2D eigenvalue weighted by atomic mass is 16.4. The van der Waals surface area contributed by atoms with Crippen molar-refractivity contribution in [1.29, 1.82) is 0 Å². The number of carbonyl (C=O) groups is 1. The maximum absolute atomic E-state index is 9.90. The first-order chi connectivity index (χ1) is 2.94. The Morgan fingerprint density at radius 2 is 1.86 bits per heavy atom. The monoisotopic (exact) mass is 98.1 g/mol. The van der Waals surface area contributed by atoms with Crippen molar-refractivity contribution in [2.75, 3.05) is 0 Å². The lowest BCUT2D eigenvalue weighted by Gasteiger charge is -2.09. The summed E-state index contributed by atoms with van der Waals surface area (Å²) in [5.74, 6) is -0.979. The van der Waals surface area contributed by atoms with Crippen LogP contribution in [0.25, 0.3) is 0 Å². The molecule has 0 aromatic rings. The second kappa shape index (κ2) is 1.56. The van der Waals surface area contributed by atoms with E-state index in [0.717, 1.165) is 0 Å². The predicted molar refractivity (Wildman–Crippen MR) is 27.4 cm³/mol. The fourth-order valence-electron chi connectivity index (χ4n) is 0. The summed E-state index contributed by atoms with van der Waals surface area (Å²) in [4.78, 5) is 9.90. The van der Waals surface area contributed by atoms with Gasteiger partial charge in [0.1, 0.15) is 0 Å². The normalized spacial score (nSPS) is 11.1. The molecule has 0 spiro atoms. The minimum absolute atomic E-state index is 0.979. The number of hydrogen-bond donors (Lipinski definition) is 1. The van der Waals surface area contributed by atoms with E-state index in [0.29, 0.717) is 0 Å². The number of carboxylic acid groups (broad SMARTS) is 1. The Labute approximate surface area is 43.9 Å². The maximum Gasteiger partial charge on any atom is 0.300 e. The summed E-state index contributed by atoms with van der Waals surface area (Å²) in [6.45, 7) is 2.88. The van der Waals surface area contributed by atoms with Gasteiger partial charge < -0.3 is 5.11 Å². The van der Waals surface area contributed by atoms with Crippen molar-refractivity contribution < 1.29 is 9.90 Å². The first-order valence-electron chi connectivity index (χ1n) is 1.97. The summed E-state index contributed by atoms with van der Waals surface area (Å²) in [6.07, 6.45) is 0. The van der Waals surface area contributed by atoms with Crippen LogP contribution in [0.2, 0.25) is 5.31 Å². The van der Waals surface area contributed by atoms with Crippen molar-refractivity contribution in [3.63, 3.8) is 0 Å². The fraction of sp³-hybridized carbons (Fsp3) is 0.750. The van der Waals surface area contributed by atoms with E-state index in [-0.39, 0.29) is 0 Å². The average molecular weight is 97.9 g/mol. The second-order valence-electron chi connectivity index (χ2n) is 2.03. The van der Waals surface area contributed by atoms with Gasteiger partial charge in [0, 0.05) is 5.31 Å². The lowest BCUT2D eigenvalue weighted by molar-refractivity contribution is -0.139. The number of aliphatic carboxylic acids is 1. The lowest BCUT2D eigenvalue weighted by atomic mass is 9.73. The number of hydrogen-bond acceptors (Lipinski definition) is 1. The van der Waals surface area contributed by atoms with Crippen LogP contribution in [0.15, 0.2) is 0 Å². The highest BCUT2D eigenvalue weighted by Gasteiger charge is 2.18. The fourth-order valence-corrected chi connectivity index (χ4v) is 0. The zero-order valence-electron chi connectivity index (χ0n) is 4.43. The third-order valence-electron chi connectivity index (χ3n) is 0.551. The zero-order chi connectivity index (χ0) is 6.08. The molecule has 2 nitrogen and oxygen atoms in total. The van der Waals surface area contributed by atoms with Gasteiger partial charge in [0.2, 0.25) is 0 Å². The molecule has 0 saturated carbocycles. The summed E-state index contributed by atoms with van der Waals surface area (Å²) < 4.78 is 0. The maximum atomic E-state index is 9.90. The smallest absolute Gasteiger partial charge is 0.300 e. The minimum Gasteiger partial charge on any atom is -0.481 e. The van der Waals surface area contributed by atoms with Crippen LogP contribution in [0.5, 0.6) is 0 Å². The molecule has 38 valence electrons. The van der Waals surface area contributed by atoms with Crippen LogP contribution in [-0.2, 0) is 4.79 Å². The molecule has 0 aliphatic carbocycles. The van der Waals surface area contributed by atoms with Crippen LogP contribution in [0, 0.1) is 0 Å². The van der Waals surface area contributed by atoms with Crippen molar-refractivity contribution in [1.82, 2.24) is 0 Å². The van der Waals surface area contributed by atoms with Crippen molar-refractivity contribution in [2.45, 2.75) is 19.2 Å². The van der Waals surface area contributed by atoms with E-state index in [9.17, 15) is 4.79 Å². The van der Waals surface area contributed by atoms with E-state index >= 15 is 0 Å². The van der Waals surface area contributed by atoms with Gasteiger partial charge in [-0.2, -0.15) is 0 Å². The molecule has 3 heteroatoms. The van der Waals surface area contributed by atoms with E-state index in [1.165, 1.54) is 13.8 Å². The molecule has 0 atom stereocenters. The molecule has 0 aliphatic rings. The van der Waals surface area contributed by atoms with Gasteiger partial charge in [0.05, 0.1) is 7.85 Å². The van der Waals surface area contributed by atoms with Crippen LogP contribution < -0.4 is 0 Å². The molecule has 7 heavy (non-hydrogen) atoms. The van der Waals surface area contributed by atoms with Crippen molar-refractivity contribution in [2.24, 2.45) is 0 Å². The molecule has 0 aliphatic heterocycles. The first kappa shape index (κ1) is 6.53. The summed E-state index contributed by atoms with van der Waals surface area (Å²) in [7, 11) is 5.08. The Bertz CT molecular complexity index is 82.2. The van der Waals surface area contributed by atoms with E-state index in [4.69, 9.17) is 13.0 Å². The van der Waals surface area contributed by atoms with Crippen LogP contribution in [0.3, 0.4) is 0 Å². The Morgan fingerprint density at radius 3 is 1.86 bits per heavy atom. The van der Waals surface area contributed by atoms with Crippen LogP contribution in [-0.4, -0.2) is 18.9 Å². The van der Waals surface area contributed by atoms with E-state index in [2.05, 4.69) is 0 Å². The molecule has 0 bridgehead atoms. The zero-order valence-corrected chi connectivity index (χ0v) is 4.43. The molecule has 0 saturated heterocycles. The Hall–Kier alpha value is -0.465. The Balaban J connectivity index is 3.79. The standard InChI is InChI=1S/C4H7BO2/c1-4(2,5)3(6)7/h1-2H3,(H,6,7). The molecular weight excluding hydrogens is 90.9 g/mol. The lowest BCUT2D eigenvalue weighted by Crippen LogP contribution is -2.15. The summed E-state index contributed by atoms with van der Waals surface area (Å²) in [5, 5.41) is 7.04. The molecule has 0 aromatic carbocycles. The van der Waals surface area contributed by atoms with Crippen LogP contribution >= 0.6 is 0 Å². The number of rotatable bonds is 1. The largest absolute Gasteiger partial charge is 0.481 e. The van der Waals surface area contributed by atoms with Crippen LogP contribution in [0.4, 0.5) is 0 Å². The van der Waals surface area contributed by atoms with Gasteiger partial charge in [0.25, 0.3) is 5.97 Å². The summed E-state index contributed by atoms with van der Waals surface area (Å²) in [5.41, 5.74) is 0. The number of carboxylic acids is 1. The van der Waals surface area contributed by atoms with E-state index < -0.39 is 11.3 Å². The minimum atomic E-state index is -1.08. The molecule has 0 unspecified atom stereocenters. The molecule has 0 heterocycles. The molecular formula is C4H7BO2. The van der Waals surface area contributed by atoms with Gasteiger partial charge in [-0.05, 0) is 0 Å². The molecule has 1 N–H and O–H groups in total. The SMILES string of the molecule is [B]C(C)(C)C(=O)O. The van der Waals surface area contributed by atoms with Crippen molar-refractivity contribution in [3.05, 3.63) is 0 Å². The van der Waals surface area contributed by atoms with Gasteiger partial charge >= 0.3 is 0 Å². The molecule has 0 fully saturated rings. The van der Waals surface area contributed by atoms with Crippen LogP contribution in [0.1, 0.15) is 13.8 Å². The predicted octanol–water partition coefficient (Wildman–Crippen LogP) is 0.438. The topological polar surface area (TPSA) is 37.3 Å². The van der Waals surface area contributed by atoms with E-state index in [1.807, 2.05) is 0 Å². The Morgan fingerprint density at radius 1 is 1.71 bits per heavy atom. The third-order valence-corrected chi connectivity index (χ3v) is 0.551. The van der Waals surface area contributed by atoms with Crippen molar-refractivity contribution in [3.8, 4) is 0 Å². The Kier molecular flexibility index (Phi) is 1.46. The highest BCUT2D eigenvalue weighted by molar-refractivity contribution is 6.25. The summed E-state index contributed by atoms with van der Waals surface area (Å²) in [6, 6.07) is 0. The first-order valence-corrected chi connectivity index (χ1v) is 1.97. The van der Waals surface area contributed by atoms with Crippen molar-refractivity contribution >= 4 is 13.8 Å². The highest BCUT2D eigenvalue weighted by Crippen LogP contribution is 2.16. The molecule has 0 aromatic heterocycles. The quantitative estimate of drug-likeness (QED) is 0.483. The summed E-state index contributed by atoms with van der Waals surface area (Å²) >= 11 is 0. The molecule has 0 rings (SSSR count). The molecule has 0 amide bonds. The van der Waals surface area contributed by atoms with Gasteiger partial charge in [-0.3, -0.25) is 4.79 Å². The molecule has 2 radical (unpaired) electrons. The third kappa shape index (κ3) is 2.26. The van der Waals surface area contributed by atoms with Gasteiger partial charge in [-0.15, -0.1) is 0 Å². The van der Waals surface area contributed by atoms with Gasteiger partial charge in [0.15, 0.2) is 0 Å². The van der Waals surface area contributed by atoms with E-state index in [1.54, 1.807) is 0 Å². The average Bonchev–Trinajstić information content (AvgIpc) is 1.31. The second-order valence-corrected chi connectivity index (χ2v) is 2.03. The van der Waals surface area contributed by atoms with Gasteiger partial charge in [-0.1, -0.05) is 13.8 Å².